The van der Waals surface area contributed by atoms with Gasteiger partial charge in [-0.15, -0.1) is 0 Å². The van der Waals surface area contributed by atoms with Gasteiger partial charge in [0, 0.05) is 5.39 Å². The lowest BCUT2D eigenvalue weighted by Crippen LogP contribution is -1.91. The summed E-state index contributed by atoms with van der Waals surface area (Å²) in [5, 5.41) is 0.744. The Hall–Kier alpha value is -0.930. The van der Waals surface area contributed by atoms with Gasteiger partial charge in [-0.05, 0) is 19.1 Å². The predicted octanol–water partition coefficient (Wildman–Crippen LogP) is 3.38. The maximum Gasteiger partial charge on any atom is 0.142 e. The molecule has 0 spiro atoms. The first-order chi connectivity index (χ1) is 6.58. The molecule has 0 saturated carbocycles. The molecule has 0 saturated heterocycles. The molecular weight excluding hydrogens is 226 g/mol. The van der Waals surface area contributed by atoms with Crippen LogP contribution in [0.1, 0.15) is 5.82 Å². The van der Waals surface area contributed by atoms with E-state index in [2.05, 4.69) is 9.97 Å². The van der Waals surface area contributed by atoms with E-state index in [1.54, 1.807) is 6.92 Å². The molecule has 0 fully saturated rings. The lowest BCUT2D eigenvalue weighted by atomic mass is 10.2. The molecule has 0 unspecified atom stereocenters. The van der Waals surface area contributed by atoms with Crippen molar-refractivity contribution in [3.8, 4) is 0 Å². The van der Waals surface area contributed by atoms with E-state index in [-0.39, 0.29) is 10.2 Å². The van der Waals surface area contributed by atoms with E-state index in [0.29, 0.717) is 16.7 Å². The number of halogens is 3. The highest BCUT2D eigenvalue weighted by molar-refractivity contribution is 6.35. The molecule has 1 heterocycles. The zero-order valence-electron chi connectivity index (χ0n) is 7.18. The van der Waals surface area contributed by atoms with Gasteiger partial charge in [0.2, 0.25) is 0 Å². The minimum absolute atomic E-state index is 0.0340. The Kier molecular flexibility index (Phi) is 2.29. The van der Waals surface area contributed by atoms with Crippen molar-refractivity contribution < 1.29 is 4.39 Å². The van der Waals surface area contributed by atoms with Gasteiger partial charge in [0.1, 0.15) is 16.8 Å². The number of aryl methyl sites for hydroxylation is 1. The highest BCUT2D eigenvalue weighted by Crippen LogP contribution is 2.25. The molecule has 72 valence electrons. The number of rotatable bonds is 0. The minimum Gasteiger partial charge on any atom is -0.233 e. The summed E-state index contributed by atoms with van der Waals surface area (Å²) in [5.74, 6) is 0.0127. The molecule has 2 nitrogen and oxygen atoms in total. The van der Waals surface area contributed by atoms with Crippen molar-refractivity contribution in [2.45, 2.75) is 6.92 Å². The summed E-state index contributed by atoms with van der Waals surface area (Å²) < 4.78 is 13.1. The first-order valence-electron chi connectivity index (χ1n) is 3.87. The maximum absolute atomic E-state index is 13.1. The number of nitrogens with zero attached hydrogens (tertiary/aromatic N) is 2. The Morgan fingerprint density at radius 1 is 1.21 bits per heavy atom. The molecule has 5 heteroatoms. The van der Waals surface area contributed by atoms with Crippen LogP contribution in [-0.4, -0.2) is 9.97 Å². The predicted molar refractivity (Wildman–Crippen MR) is 54.3 cm³/mol. The van der Waals surface area contributed by atoms with Gasteiger partial charge in [0.15, 0.2) is 0 Å². The highest BCUT2D eigenvalue weighted by atomic mass is 35.5. The number of hydrogen-bond donors (Lipinski definition) is 0. The van der Waals surface area contributed by atoms with Gasteiger partial charge < -0.3 is 0 Å². The molecule has 1 aromatic carbocycles. The van der Waals surface area contributed by atoms with E-state index in [1.807, 2.05) is 0 Å². The van der Waals surface area contributed by atoms with E-state index in [9.17, 15) is 4.39 Å². The monoisotopic (exact) mass is 230 g/mol. The van der Waals surface area contributed by atoms with Crippen LogP contribution in [-0.2, 0) is 0 Å². The Bertz CT molecular complexity index is 514. The quantitative estimate of drug-likeness (QED) is 0.649. The lowest BCUT2D eigenvalue weighted by Gasteiger charge is -2.02. The van der Waals surface area contributed by atoms with E-state index >= 15 is 0 Å². The summed E-state index contributed by atoms with van der Waals surface area (Å²) in [6.07, 6.45) is 0. The highest BCUT2D eigenvalue weighted by Gasteiger charge is 2.08. The summed E-state index contributed by atoms with van der Waals surface area (Å²) in [5.41, 5.74) is 0.550. The second-order valence-corrected chi connectivity index (χ2v) is 3.61. The molecule has 0 aliphatic heterocycles. The molecule has 1 aromatic heterocycles. The van der Waals surface area contributed by atoms with Gasteiger partial charge in [-0.25, -0.2) is 14.4 Å². The van der Waals surface area contributed by atoms with Crippen LogP contribution in [0.2, 0.25) is 10.2 Å². The van der Waals surface area contributed by atoms with Crippen LogP contribution in [0.4, 0.5) is 4.39 Å². The topological polar surface area (TPSA) is 25.8 Å². The molecular formula is C9H5Cl2FN2. The average Bonchev–Trinajstić information content (AvgIpc) is 2.08. The third-order valence-electron chi connectivity index (χ3n) is 1.80. The second-order valence-electron chi connectivity index (χ2n) is 2.85. The van der Waals surface area contributed by atoms with E-state index in [1.165, 1.54) is 12.1 Å². The molecule has 0 atom stereocenters. The summed E-state index contributed by atoms with van der Waals surface area (Å²) >= 11 is 11.4. The standard InChI is InChI=1S/C9H5Cl2FN2/c1-4-13-8-3-6(10)7(12)2-5(8)9(11)14-4/h2-3H,1H3. The van der Waals surface area contributed by atoms with Crippen LogP contribution in [0.5, 0.6) is 0 Å². The number of hydrogen-bond acceptors (Lipinski definition) is 2. The SMILES string of the molecule is Cc1nc(Cl)c2cc(F)c(Cl)cc2n1. The molecule has 0 aliphatic carbocycles. The van der Waals surface area contributed by atoms with Gasteiger partial charge >= 0.3 is 0 Å². The molecule has 2 aromatic rings. The van der Waals surface area contributed by atoms with E-state index < -0.39 is 5.82 Å². The Balaban J connectivity index is 2.89. The first-order valence-corrected chi connectivity index (χ1v) is 4.62. The smallest absolute Gasteiger partial charge is 0.142 e. The van der Waals surface area contributed by atoms with Crippen LogP contribution in [0, 0.1) is 12.7 Å². The van der Waals surface area contributed by atoms with E-state index in [4.69, 9.17) is 23.2 Å². The minimum atomic E-state index is -0.520. The van der Waals surface area contributed by atoms with Crippen LogP contribution in [0.15, 0.2) is 12.1 Å². The van der Waals surface area contributed by atoms with Gasteiger partial charge in [-0.2, -0.15) is 0 Å². The molecule has 0 bridgehead atoms. The van der Waals surface area contributed by atoms with Crippen molar-refractivity contribution in [3.05, 3.63) is 34.0 Å². The summed E-state index contributed by atoms with van der Waals surface area (Å²) in [7, 11) is 0. The molecule has 0 aliphatic rings. The zero-order valence-corrected chi connectivity index (χ0v) is 8.69. The molecule has 0 N–H and O–H groups in total. The summed E-state index contributed by atoms with van der Waals surface area (Å²) in [6, 6.07) is 2.67. The molecule has 2 rings (SSSR count). The van der Waals surface area contributed by atoms with Gasteiger partial charge in [-0.1, -0.05) is 23.2 Å². The van der Waals surface area contributed by atoms with Crippen LogP contribution in [0.3, 0.4) is 0 Å². The van der Waals surface area contributed by atoms with Gasteiger partial charge in [-0.3, -0.25) is 0 Å². The van der Waals surface area contributed by atoms with Crippen molar-refractivity contribution in [3.63, 3.8) is 0 Å². The van der Waals surface area contributed by atoms with Crippen molar-refractivity contribution >= 4 is 34.1 Å². The summed E-state index contributed by atoms with van der Waals surface area (Å²) in [4.78, 5) is 8.01. The normalized spacial score (nSPS) is 10.9. The second kappa shape index (κ2) is 3.33. The van der Waals surface area contributed by atoms with Crippen LogP contribution >= 0.6 is 23.2 Å². The van der Waals surface area contributed by atoms with Gasteiger partial charge in [0.25, 0.3) is 0 Å². The van der Waals surface area contributed by atoms with Crippen molar-refractivity contribution in [2.24, 2.45) is 0 Å². The van der Waals surface area contributed by atoms with Crippen molar-refractivity contribution in [1.82, 2.24) is 9.97 Å². The lowest BCUT2D eigenvalue weighted by molar-refractivity contribution is 0.630. The summed E-state index contributed by atoms with van der Waals surface area (Å²) in [6.45, 7) is 1.71. The Labute approximate surface area is 89.7 Å². The fraction of sp³-hybridized carbons (Fsp3) is 0.111. The van der Waals surface area contributed by atoms with Crippen molar-refractivity contribution in [2.75, 3.05) is 0 Å². The van der Waals surface area contributed by atoms with E-state index in [0.717, 1.165) is 0 Å². The van der Waals surface area contributed by atoms with Gasteiger partial charge in [0.05, 0.1) is 10.5 Å². The maximum atomic E-state index is 13.1. The van der Waals surface area contributed by atoms with Crippen molar-refractivity contribution in [1.29, 1.82) is 0 Å². The third kappa shape index (κ3) is 1.53. The first kappa shape index (κ1) is 9.62. The Morgan fingerprint density at radius 3 is 2.64 bits per heavy atom. The molecule has 14 heavy (non-hydrogen) atoms. The molecule has 0 amide bonds. The largest absolute Gasteiger partial charge is 0.233 e. The fourth-order valence-electron chi connectivity index (χ4n) is 1.20. The fourth-order valence-corrected chi connectivity index (χ4v) is 1.63. The number of benzene rings is 1. The average molecular weight is 231 g/mol. The van der Waals surface area contributed by atoms with Crippen LogP contribution < -0.4 is 0 Å². The van der Waals surface area contributed by atoms with Crippen LogP contribution in [0.25, 0.3) is 10.9 Å². The Morgan fingerprint density at radius 2 is 1.93 bits per heavy atom. The number of aromatic nitrogens is 2. The molecule has 0 radical (unpaired) electrons. The third-order valence-corrected chi connectivity index (χ3v) is 2.38. The number of fused-ring (bicyclic) bond motifs is 1. The zero-order chi connectivity index (χ0) is 10.3.